The van der Waals surface area contributed by atoms with E-state index in [1.165, 1.54) is 17.3 Å². The molecule has 4 rings (SSSR count). The standard InChI is InChI=1S/C21H31N3O7S/c1-32(27,28)20-11-22-19(10-23-20)31-16-4-2-15(3-5-16)30-18-6-8-24(21(25)26)12-17(18)14-7-9-29-13-14/h10-11,14-18H,2-9,12-13H2,1H3,(H,25,26). The van der Waals surface area contributed by atoms with Crippen molar-refractivity contribution in [3.63, 3.8) is 0 Å². The van der Waals surface area contributed by atoms with Crippen LogP contribution in [0, 0.1) is 11.8 Å². The summed E-state index contributed by atoms with van der Waals surface area (Å²) in [5.41, 5.74) is 0. The minimum absolute atomic E-state index is 0.0129. The summed E-state index contributed by atoms with van der Waals surface area (Å²) in [6.45, 7) is 2.43. The molecule has 1 aromatic rings. The number of rotatable bonds is 6. The van der Waals surface area contributed by atoms with Gasteiger partial charge in [0.2, 0.25) is 5.88 Å². The molecule has 0 aromatic carbocycles. The van der Waals surface area contributed by atoms with Gasteiger partial charge in [-0.05, 0) is 44.4 Å². The van der Waals surface area contributed by atoms with Crippen molar-refractivity contribution in [1.82, 2.24) is 14.9 Å². The van der Waals surface area contributed by atoms with Gasteiger partial charge in [0, 0.05) is 38.5 Å². The van der Waals surface area contributed by atoms with Gasteiger partial charge < -0.3 is 24.2 Å². The van der Waals surface area contributed by atoms with Gasteiger partial charge in [-0.25, -0.2) is 23.2 Å². The summed E-state index contributed by atoms with van der Waals surface area (Å²) in [6.07, 6.45) is 7.96. The lowest BCUT2D eigenvalue weighted by molar-refractivity contribution is -0.102. The van der Waals surface area contributed by atoms with Crippen molar-refractivity contribution in [2.45, 2.75) is 61.9 Å². The average Bonchev–Trinajstić information content (AvgIpc) is 3.30. The number of piperidine rings is 1. The van der Waals surface area contributed by atoms with E-state index in [0.717, 1.165) is 45.0 Å². The minimum Gasteiger partial charge on any atom is -0.473 e. The number of aromatic nitrogens is 2. The Balaban J connectivity index is 1.28. The fraction of sp³-hybridized carbons (Fsp3) is 0.762. The van der Waals surface area contributed by atoms with E-state index in [4.69, 9.17) is 14.2 Å². The fourth-order valence-electron chi connectivity index (χ4n) is 4.91. The lowest BCUT2D eigenvalue weighted by Gasteiger charge is -2.42. The van der Waals surface area contributed by atoms with Gasteiger partial charge in [-0.15, -0.1) is 0 Å². The Labute approximate surface area is 188 Å². The van der Waals surface area contributed by atoms with Gasteiger partial charge in [0.15, 0.2) is 14.9 Å². The molecule has 178 valence electrons. The molecule has 0 spiro atoms. The molecular weight excluding hydrogens is 438 g/mol. The van der Waals surface area contributed by atoms with Gasteiger partial charge >= 0.3 is 6.09 Å². The predicted molar refractivity (Wildman–Crippen MR) is 113 cm³/mol. The van der Waals surface area contributed by atoms with Crippen LogP contribution in [0.1, 0.15) is 38.5 Å². The van der Waals surface area contributed by atoms with E-state index < -0.39 is 15.9 Å². The number of ether oxygens (including phenoxy) is 3. The first-order valence-corrected chi connectivity index (χ1v) is 13.1. The van der Waals surface area contributed by atoms with Crippen LogP contribution >= 0.6 is 0 Å². The summed E-state index contributed by atoms with van der Waals surface area (Å²) in [5.74, 6) is 0.833. The highest BCUT2D eigenvalue weighted by Gasteiger charge is 2.40. The highest BCUT2D eigenvalue weighted by atomic mass is 32.2. The quantitative estimate of drug-likeness (QED) is 0.665. The van der Waals surface area contributed by atoms with E-state index in [2.05, 4.69) is 9.97 Å². The highest BCUT2D eigenvalue weighted by Crippen LogP contribution is 2.35. The molecule has 10 nitrogen and oxygen atoms in total. The smallest absolute Gasteiger partial charge is 0.407 e. The van der Waals surface area contributed by atoms with Crippen LogP contribution in [0.2, 0.25) is 0 Å². The van der Waals surface area contributed by atoms with Gasteiger partial charge in [0.1, 0.15) is 6.10 Å². The number of hydrogen-bond donors (Lipinski definition) is 1. The molecule has 1 aromatic heterocycles. The van der Waals surface area contributed by atoms with E-state index in [9.17, 15) is 18.3 Å². The van der Waals surface area contributed by atoms with Crippen molar-refractivity contribution in [2.75, 3.05) is 32.6 Å². The molecule has 1 amide bonds. The SMILES string of the molecule is CS(=O)(=O)c1cnc(OC2CCC(OC3CCN(C(=O)O)CC3C3CCOC3)CC2)cn1. The topological polar surface area (TPSA) is 128 Å². The molecule has 0 bridgehead atoms. The van der Waals surface area contributed by atoms with Crippen LogP contribution in [-0.4, -0.2) is 85.4 Å². The molecule has 3 unspecified atom stereocenters. The Bertz CT molecular complexity index is 881. The number of sulfone groups is 1. The van der Waals surface area contributed by atoms with Crippen LogP contribution in [0.3, 0.4) is 0 Å². The molecule has 3 fully saturated rings. The average molecular weight is 470 g/mol. The Kier molecular flexibility index (Phi) is 7.16. The van der Waals surface area contributed by atoms with Crippen molar-refractivity contribution in [1.29, 1.82) is 0 Å². The van der Waals surface area contributed by atoms with E-state index in [0.29, 0.717) is 37.9 Å². The Morgan fingerprint density at radius 3 is 2.47 bits per heavy atom. The van der Waals surface area contributed by atoms with Crippen LogP contribution in [0.5, 0.6) is 5.88 Å². The molecule has 2 aliphatic heterocycles. The van der Waals surface area contributed by atoms with Crippen LogP contribution in [0.25, 0.3) is 0 Å². The van der Waals surface area contributed by atoms with E-state index in [1.54, 1.807) is 0 Å². The van der Waals surface area contributed by atoms with Crippen LogP contribution in [0.15, 0.2) is 17.4 Å². The third-order valence-corrected chi connectivity index (χ3v) is 7.66. The number of hydrogen-bond acceptors (Lipinski definition) is 8. The van der Waals surface area contributed by atoms with Gasteiger partial charge in [0.05, 0.1) is 24.6 Å². The van der Waals surface area contributed by atoms with Gasteiger partial charge in [-0.1, -0.05) is 0 Å². The Morgan fingerprint density at radius 2 is 1.88 bits per heavy atom. The summed E-state index contributed by atoms with van der Waals surface area (Å²) in [6, 6.07) is 0. The molecule has 1 saturated carbocycles. The monoisotopic (exact) mass is 469 g/mol. The summed E-state index contributed by atoms with van der Waals surface area (Å²) in [4.78, 5) is 21.0. The summed E-state index contributed by atoms with van der Waals surface area (Å²) >= 11 is 0. The van der Waals surface area contributed by atoms with E-state index in [1.807, 2.05) is 0 Å². The maximum Gasteiger partial charge on any atom is 0.407 e. The van der Waals surface area contributed by atoms with Gasteiger partial charge in [-0.2, -0.15) is 0 Å². The maximum absolute atomic E-state index is 11.5. The molecule has 2 saturated heterocycles. The predicted octanol–water partition coefficient (Wildman–Crippen LogP) is 1.99. The normalized spacial score (nSPS) is 31.4. The first-order valence-electron chi connectivity index (χ1n) is 11.2. The first-order chi connectivity index (χ1) is 15.3. The number of carboxylic acid groups (broad SMARTS) is 1. The second-order valence-corrected chi connectivity index (χ2v) is 10.9. The third kappa shape index (κ3) is 5.68. The van der Waals surface area contributed by atoms with Crippen LogP contribution in [0.4, 0.5) is 4.79 Å². The summed E-state index contributed by atoms with van der Waals surface area (Å²) in [5, 5.41) is 9.34. The molecule has 3 aliphatic rings. The highest BCUT2D eigenvalue weighted by molar-refractivity contribution is 7.90. The van der Waals surface area contributed by atoms with Crippen molar-refractivity contribution in [3.05, 3.63) is 12.4 Å². The second-order valence-electron chi connectivity index (χ2n) is 8.96. The fourth-order valence-corrected chi connectivity index (χ4v) is 5.40. The zero-order valence-electron chi connectivity index (χ0n) is 18.3. The van der Waals surface area contributed by atoms with Crippen molar-refractivity contribution >= 4 is 15.9 Å². The largest absolute Gasteiger partial charge is 0.473 e. The zero-order valence-corrected chi connectivity index (χ0v) is 19.1. The van der Waals surface area contributed by atoms with Crippen LogP contribution < -0.4 is 4.74 Å². The number of carbonyl (C=O) groups is 1. The Morgan fingerprint density at radius 1 is 1.12 bits per heavy atom. The lowest BCUT2D eigenvalue weighted by atomic mass is 9.82. The molecule has 3 atom stereocenters. The van der Waals surface area contributed by atoms with E-state index >= 15 is 0 Å². The summed E-state index contributed by atoms with van der Waals surface area (Å²) in [7, 11) is -3.38. The molecular formula is C21H31N3O7S. The van der Waals surface area contributed by atoms with Gasteiger partial charge in [-0.3, -0.25) is 0 Å². The Hall–Kier alpha value is -1.98. The zero-order chi connectivity index (χ0) is 22.7. The number of amides is 1. The minimum atomic E-state index is -3.38. The second kappa shape index (κ2) is 9.88. The third-order valence-electron chi connectivity index (χ3n) is 6.69. The van der Waals surface area contributed by atoms with E-state index in [-0.39, 0.29) is 29.3 Å². The first kappa shape index (κ1) is 23.2. The molecule has 32 heavy (non-hydrogen) atoms. The summed E-state index contributed by atoms with van der Waals surface area (Å²) < 4.78 is 41.0. The molecule has 1 aliphatic carbocycles. The van der Waals surface area contributed by atoms with Crippen LogP contribution in [-0.2, 0) is 19.3 Å². The molecule has 3 heterocycles. The van der Waals surface area contributed by atoms with Crippen molar-refractivity contribution in [3.8, 4) is 5.88 Å². The lowest BCUT2D eigenvalue weighted by Crippen LogP contribution is -2.50. The maximum atomic E-state index is 11.5. The molecule has 0 radical (unpaired) electrons. The van der Waals surface area contributed by atoms with Crippen molar-refractivity contribution in [2.24, 2.45) is 11.8 Å². The molecule has 1 N–H and O–H groups in total. The van der Waals surface area contributed by atoms with Gasteiger partial charge in [0.25, 0.3) is 0 Å². The molecule has 11 heteroatoms. The number of likely N-dealkylation sites (tertiary alicyclic amines) is 1. The van der Waals surface area contributed by atoms with Crippen molar-refractivity contribution < 1.29 is 32.5 Å². The number of nitrogens with zero attached hydrogens (tertiary/aromatic N) is 3.